The Kier molecular flexibility index (Phi) is 5.49. The van der Waals surface area contributed by atoms with Gasteiger partial charge < -0.3 is 19.1 Å². The first-order valence-electron chi connectivity index (χ1n) is 11.2. The van der Waals surface area contributed by atoms with E-state index < -0.39 is 0 Å². The first-order chi connectivity index (χ1) is 16.6. The average molecular weight is 491 g/mol. The normalized spacial score (nSPS) is 17.9. The van der Waals surface area contributed by atoms with E-state index in [2.05, 4.69) is 65.1 Å². The standard InChI is InChI=1S/C27H23ClN2O3S/c1-29-13-11-17-14-22-26(33-16-32-22)27(31-2)25(17)20(29)7-5-12-30-19-6-3-4-8-23(19)34-24-10-9-18(28)15-21(24)30/h3-4,6,8-10,14-15,20H,11-13,16H2,1-2H3. The molecule has 0 fully saturated rings. The largest absolute Gasteiger partial charge is 0.492 e. The SMILES string of the molecule is COc1c2c(cc3c1C(C#CCN1c4ccccc4Sc4ccc(Cl)cc41)N(C)CC3)OCO2. The van der Waals surface area contributed by atoms with E-state index in [1.807, 2.05) is 12.1 Å². The van der Waals surface area contributed by atoms with Crippen LogP contribution in [0, 0.1) is 11.8 Å². The predicted molar refractivity (Wildman–Crippen MR) is 135 cm³/mol. The van der Waals surface area contributed by atoms with Crippen LogP contribution in [-0.2, 0) is 6.42 Å². The molecule has 1 unspecified atom stereocenters. The number of hydrogen-bond acceptors (Lipinski definition) is 6. The van der Waals surface area contributed by atoms with Crippen molar-refractivity contribution in [2.45, 2.75) is 22.3 Å². The lowest BCUT2D eigenvalue weighted by Gasteiger charge is -2.33. The second-order valence-corrected chi connectivity index (χ2v) is 9.96. The van der Waals surface area contributed by atoms with Crippen LogP contribution in [0.25, 0.3) is 0 Å². The summed E-state index contributed by atoms with van der Waals surface area (Å²) in [5, 5.41) is 0.721. The fourth-order valence-electron chi connectivity index (χ4n) is 4.81. The van der Waals surface area contributed by atoms with E-state index in [0.29, 0.717) is 12.3 Å². The summed E-state index contributed by atoms with van der Waals surface area (Å²) < 4.78 is 17.2. The molecule has 0 amide bonds. The van der Waals surface area contributed by atoms with Crippen molar-refractivity contribution in [1.82, 2.24) is 4.90 Å². The summed E-state index contributed by atoms with van der Waals surface area (Å²) in [4.78, 5) is 6.92. The maximum Gasteiger partial charge on any atom is 0.231 e. The molecule has 1 atom stereocenters. The topological polar surface area (TPSA) is 34.2 Å². The van der Waals surface area contributed by atoms with Crippen molar-refractivity contribution in [3.05, 3.63) is 64.7 Å². The molecule has 3 heterocycles. The Hall–Kier alpha value is -2.98. The molecule has 0 aromatic heterocycles. The molecular weight excluding hydrogens is 468 g/mol. The van der Waals surface area contributed by atoms with Crippen LogP contribution in [0.3, 0.4) is 0 Å². The maximum atomic E-state index is 6.37. The van der Waals surface area contributed by atoms with Gasteiger partial charge in [0.25, 0.3) is 0 Å². The lowest BCUT2D eigenvalue weighted by molar-refractivity contribution is 0.171. The number of nitrogens with zero attached hydrogens (tertiary/aromatic N) is 2. The van der Waals surface area contributed by atoms with Gasteiger partial charge >= 0.3 is 0 Å². The van der Waals surface area contributed by atoms with Crippen molar-refractivity contribution >= 4 is 34.7 Å². The van der Waals surface area contributed by atoms with Crippen LogP contribution in [-0.4, -0.2) is 38.9 Å². The van der Waals surface area contributed by atoms with Crippen molar-refractivity contribution in [1.29, 1.82) is 0 Å². The number of halogens is 1. The number of hydrogen-bond donors (Lipinski definition) is 0. The van der Waals surface area contributed by atoms with E-state index in [4.69, 9.17) is 25.8 Å². The van der Waals surface area contributed by atoms with Crippen molar-refractivity contribution in [2.24, 2.45) is 0 Å². The first kappa shape index (κ1) is 21.5. The Balaban J connectivity index is 1.38. The molecule has 3 aliphatic rings. The molecule has 0 bridgehead atoms. The van der Waals surface area contributed by atoms with Gasteiger partial charge in [0.05, 0.1) is 25.0 Å². The number of ether oxygens (including phenoxy) is 3. The van der Waals surface area contributed by atoms with Crippen molar-refractivity contribution in [2.75, 3.05) is 38.9 Å². The monoisotopic (exact) mass is 490 g/mol. The summed E-state index contributed by atoms with van der Waals surface area (Å²) in [6.07, 6.45) is 0.916. The van der Waals surface area contributed by atoms with Crippen molar-refractivity contribution < 1.29 is 14.2 Å². The Morgan fingerprint density at radius 2 is 1.97 bits per heavy atom. The number of methoxy groups -OCH3 is 1. The fraction of sp³-hybridized carbons (Fsp3) is 0.259. The average Bonchev–Trinajstić information content (AvgIpc) is 3.32. The van der Waals surface area contributed by atoms with Gasteiger partial charge in [0.15, 0.2) is 11.5 Å². The molecular formula is C27H23ClN2O3S. The molecule has 3 aromatic rings. The number of benzene rings is 3. The second kappa shape index (κ2) is 8.66. The molecule has 0 saturated heterocycles. The van der Waals surface area contributed by atoms with Gasteiger partial charge in [0, 0.05) is 26.9 Å². The molecule has 3 aliphatic heterocycles. The Morgan fingerprint density at radius 1 is 1.12 bits per heavy atom. The van der Waals surface area contributed by atoms with Gasteiger partial charge in [-0.3, -0.25) is 4.90 Å². The highest BCUT2D eigenvalue weighted by Crippen LogP contribution is 2.50. The maximum absolute atomic E-state index is 6.37. The summed E-state index contributed by atoms with van der Waals surface area (Å²) >= 11 is 8.13. The number of fused-ring (bicyclic) bond motifs is 4. The molecule has 5 nitrogen and oxygen atoms in total. The zero-order chi connectivity index (χ0) is 23.2. The minimum absolute atomic E-state index is 0.0959. The van der Waals surface area contributed by atoms with E-state index >= 15 is 0 Å². The van der Waals surface area contributed by atoms with Gasteiger partial charge in [-0.1, -0.05) is 47.3 Å². The molecule has 0 spiro atoms. The lowest BCUT2D eigenvalue weighted by Crippen LogP contribution is -2.32. The van der Waals surface area contributed by atoms with E-state index in [-0.39, 0.29) is 12.8 Å². The van der Waals surface area contributed by atoms with Crippen LogP contribution >= 0.6 is 23.4 Å². The summed E-state index contributed by atoms with van der Waals surface area (Å²) in [6.45, 7) is 1.68. The Labute approximate surface area is 208 Å². The Morgan fingerprint density at radius 3 is 2.85 bits per heavy atom. The molecule has 6 rings (SSSR count). The van der Waals surface area contributed by atoms with Crippen LogP contribution in [0.4, 0.5) is 11.4 Å². The van der Waals surface area contributed by atoms with Crippen LogP contribution in [0.1, 0.15) is 17.2 Å². The number of anilines is 2. The van der Waals surface area contributed by atoms with Crippen molar-refractivity contribution in [3.8, 4) is 29.1 Å². The zero-order valence-electron chi connectivity index (χ0n) is 18.9. The summed E-state index contributed by atoms with van der Waals surface area (Å²) in [7, 11) is 3.79. The minimum atomic E-state index is -0.0959. The van der Waals surface area contributed by atoms with Gasteiger partial charge in [-0.15, -0.1) is 0 Å². The third-order valence-electron chi connectivity index (χ3n) is 6.46. The van der Waals surface area contributed by atoms with Gasteiger partial charge in [-0.25, -0.2) is 0 Å². The molecule has 0 aliphatic carbocycles. The first-order valence-corrected chi connectivity index (χ1v) is 12.4. The molecule has 172 valence electrons. The van der Waals surface area contributed by atoms with Gasteiger partial charge in [0.1, 0.15) is 6.04 Å². The highest BCUT2D eigenvalue weighted by atomic mass is 35.5. The van der Waals surface area contributed by atoms with Crippen LogP contribution < -0.4 is 19.1 Å². The summed E-state index contributed by atoms with van der Waals surface area (Å²) in [5.41, 5.74) is 4.51. The van der Waals surface area contributed by atoms with Crippen molar-refractivity contribution in [3.63, 3.8) is 0 Å². The number of likely N-dealkylation sites (N-methyl/N-ethyl adjacent to an activating group) is 1. The minimum Gasteiger partial charge on any atom is -0.492 e. The Bertz CT molecular complexity index is 1350. The van der Waals surface area contributed by atoms with Gasteiger partial charge in [-0.2, -0.15) is 0 Å². The third-order valence-corrected chi connectivity index (χ3v) is 7.82. The van der Waals surface area contributed by atoms with Crippen LogP contribution in [0.15, 0.2) is 58.3 Å². The van der Waals surface area contributed by atoms with E-state index in [1.165, 1.54) is 15.4 Å². The molecule has 3 aromatic carbocycles. The molecule has 7 heteroatoms. The molecule has 0 radical (unpaired) electrons. The molecule has 0 saturated carbocycles. The number of para-hydroxylation sites is 1. The quantitative estimate of drug-likeness (QED) is 0.415. The molecule has 34 heavy (non-hydrogen) atoms. The highest BCUT2D eigenvalue weighted by molar-refractivity contribution is 7.99. The zero-order valence-corrected chi connectivity index (χ0v) is 20.5. The third kappa shape index (κ3) is 3.56. The highest BCUT2D eigenvalue weighted by Gasteiger charge is 2.33. The van der Waals surface area contributed by atoms with E-state index in [0.717, 1.165) is 46.4 Å². The second-order valence-electron chi connectivity index (χ2n) is 8.44. The van der Waals surface area contributed by atoms with E-state index in [9.17, 15) is 0 Å². The lowest BCUT2D eigenvalue weighted by atomic mass is 9.91. The number of rotatable bonds is 2. The smallest absolute Gasteiger partial charge is 0.231 e. The molecule has 0 N–H and O–H groups in total. The predicted octanol–water partition coefficient (Wildman–Crippen LogP) is 5.91. The summed E-state index contributed by atoms with van der Waals surface area (Å²) in [6, 6.07) is 16.4. The fourth-order valence-corrected chi connectivity index (χ4v) is 6.05. The van der Waals surface area contributed by atoms with Crippen LogP contribution in [0.5, 0.6) is 17.2 Å². The summed E-state index contributed by atoms with van der Waals surface area (Å²) in [5.74, 6) is 9.16. The van der Waals surface area contributed by atoms with Gasteiger partial charge in [0.2, 0.25) is 12.5 Å². The van der Waals surface area contributed by atoms with E-state index in [1.54, 1.807) is 18.9 Å². The van der Waals surface area contributed by atoms with Gasteiger partial charge in [-0.05, 0) is 55.4 Å². The van der Waals surface area contributed by atoms with Crippen LogP contribution in [0.2, 0.25) is 5.02 Å².